The molecule has 0 aliphatic heterocycles. The van der Waals surface area contributed by atoms with E-state index in [0.717, 1.165) is 33.5 Å². The Morgan fingerprint density at radius 2 is 1.72 bits per heavy atom. The Kier molecular flexibility index (Phi) is 5.22. The van der Waals surface area contributed by atoms with Crippen molar-refractivity contribution in [2.45, 2.75) is 33.2 Å². The number of carbonyl (C=O) groups excluding carboxylic acids is 1. The third-order valence-corrected chi connectivity index (χ3v) is 4.98. The van der Waals surface area contributed by atoms with E-state index in [2.05, 4.69) is 40.3 Å². The number of hydrogen-bond donors (Lipinski definition) is 2. The van der Waals surface area contributed by atoms with E-state index in [0.29, 0.717) is 5.56 Å². The smallest absolute Gasteiger partial charge is 0.278 e. The van der Waals surface area contributed by atoms with Gasteiger partial charge in [0.1, 0.15) is 11.7 Å². The molecule has 8 nitrogen and oxygen atoms in total. The molecule has 0 unspecified atom stereocenters. The van der Waals surface area contributed by atoms with Crippen molar-refractivity contribution in [2.24, 2.45) is 10.7 Å². The maximum absolute atomic E-state index is 12.4. The zero-order chi connectivity index (χ0) is 23.0. The second kappa shape index (κ2) is 7.88. The van der Waals surface area contributed by atoms with Crippen LogP contribution in [0.4, 0.5) is 5.95 Å². The minimum atomic E-state index is -0.379. The van der Waals surface area contributed by atoms with E-state index >= 15 is 0 Å². The van der Waals surface area contributed by atoms with Crippen LogP contribution in [-0.2, 0) is 5.54 Å². The highest BCUT2D eigenvalue weighted by molar-refractivity contribution is 6.02. The molecule has 2 heterocycles. The van der Waals surface area contributed by atoms with Crippen molar-refractivity contribution in [1.82, 2.24) is 19.5 Å². The van der Waals surface area contributed by atoms with Crippen LogP contribution >= 0.6 is 0 Å². The van der Waals surface area contributed by atoms with Crippen LogP contribution in [0.1, 0.15) is 38.1 Å². The van der Waals surface area contributed by atoms with Crippen molar-refractivity contribution in [3.05, 3.63) is 60.4 Å². The minimum Gasteiger partial charge on any atom is -0.387 e. The van der Waals surface area contributed by atoms with E-state index in [1.807, 2.05) is 30.3 Å². The summed E-state index contributed by atoms with van der Waals surface area (Å²) in [6, 6.07) is 13.4. The van der Waals surface area contributed by atoms with Crippen molar-refractivity contribution in [1.29, 1.82) is 0 Å². The summed E-state index contributed by atoms with van der Waals surface area (Å²) in [6.07, 6.45) is 3.39. The average molecular weight is 428 g/mol. The third kappa shape index (κ3) is 4.07. The Bertz CT molecular complexity index is 1340. The quantitative estimate of drug-likeness (QED) is 0.376. The number of benzene rings is 2. The van der Waals surface area contributed by atoms with Gasteiger partial charge in [-0.15, -0.1) is 0 Å². The number of rotatable bonds is 3. The molecular weight excluding hydrogens is 402 g/mol. The molecule has 0 saturated carbocycles. The predicted molar refractivity (Wildman–Crippen MR) is 127 cm³/mol. The molecule has 2 aromatic heterocycles. The Morgan fingerprint density at radius 1 is 1.00 bits per heavy atom. The summed E-state index contributed by atoms with van der Waals surface area (Å²) in [4.78, 5) is 29.4. The van der Waals surface area contributed by atoms with Crippen LogP contribution in [0.15, 0.2) is 59.9 Å². The molecule has 32 heavy (non-hydrogen) atoms. The first-order valence-electron chi connectivity index (χ1n) is 10.2. The molecule has 162 valence electrons. The van der Waals surface area contributed by atoms with E-state index < -0.39 is 0 Å². The molecule has 0 radical (unpaired) electrons. The number of hydrogen-bond acceptors (Lipinski definition) is 5. The SMILES string of the molecule is CC(N)=NC(=O)c1cccc(-c2nc3cc(-c4cnc(N)nc4)ccc3n2C(C)(C)C)c1. The van der Waals surface area contributed by atoms with Crippen LogP contribution in [0.3, 0.4) is 0 Å². The Balaban J connectivity index is 1.88. The number of carbonyl (C=O) groups is 1. The van der Waals surface area contributed by atoms with Crippen molar-refractivity contribution >= 4 is 28.7 Å². The number of nitrogens with zero attached hydrogens (tertiary/aromatic N) is 5. The van der Waals surface area contributed by atoms with Gasteiger partial charge < -0.3 is 16.0 Å². The lowest BCUT2D eigenvalue weighted by Crippen LogP contribution is -2.22. The maximum Gasteiger partial charge on any atom is 0.278 e. The summed E-state index contributed by atoms with van der Waals surface area (Å²) in [6.45, 7) is 7.95. The normalized spacial score (nSPS) is 12.3. The summed E-state index contributed by atoms with van der Waals surface area (Å²) in [5, 5.41) is 0. The van der Waals surface area contributed by atoms with E-state index in [9.17, 15) is 4.79 Å². The number of aromatic nitrogens is 4. The largest absolute Gasteiger partial charge is 0.387 e. The summed E-state index contributed by atoms with van der Waals surface area (Å²) in [7, 11) is 0. The van der Waals surface area contributed by atoms with E-state index in [4.69, 9.17) is 16.5 Å². The summed E-state index contributed by atoms with van der Waals surface area (Å²) in [5.74, 6) is 0.844. The minimum absolute atomic E-state index is 0.224. The molecule has 0 atom stereocenters. The average Bonchev–Trinajstić information content (AvgIpc) is 3.13. The van der Waals surface area contributed by atoms with Gasteiger partial charge in [-0.05, 0) is 57.5 Å². The molecule has 0 aliphatic rings. The van der Waals surface area contributed by atoms with Gasteiger partial charge in [-0.3, -0.25) is 4.79 Å². The fraction of sp³-hybridized carbons (Fsp3) is 0.208. The van der Waals surface area contributed by atoms with Gasteiger partial charge in [0, 0.05) is 34.6 Å². The van der Waals surface area contributed by atoms with Gasteiger partial charge in [0.25, 0.3) is 5.91 Å². The van der Waals surface area contributed by atoms with Crippen LogP contribution < -0.4 is 11.5 Å². The van der Waals surface area contributed by atoms with Crippen molar-refractivity contribution < 1.29 is 4.79 Å². The van der Waals surface area contributed by atoms with Crippen LogP contribution in [0.5, 0.6) is 0 Å². The van der Waals surface area contributed by atoms with Crippen LogP contribution in [0, 0.1) is 0 Å². The highest BCUT2D eigenvalue weighted by atomic mass is 16.1. The number of nitrogens with two attached hydrogens (primary N) is 2. The van der Waals surface area contributed by atoms with Gasteiger partial charge in [-0.1, -0.05) is 18.2 Å². The Labute approximate surface area is 186 Å². The van der Waals surface area contributed by atoms with Crippen LogP contribution in [-0.4, -0.2) is 31.3 Å². The molecule has 0 fully saturated rings. The maximum atomic E-state index is 12.4. The van der Waals surface area contributed by atoms with Gasteiger partial charge in [0.15, 0.2) is 0 Å². The molecule has 4 N–H and O–H groups in total. The van der Waals surface area contributed by atoms with Gasteiger partial charge >= 0.3 is 0 Å². The molecule has 4 rings (SSSR count). The number of amides is 1. The molecule has 0 saturated heterocycles. The fourth-order valence-electron chi connectivity index (χ4n) is 3.64. The zero-order valence-electron chi connectivity index (χ0n) is 18.5. The molecule has 1 amide bonds. The Hall–Kier alpha value is -4.07. The number of aliphatic imine (C=N–C) groups is 1. The number of amidine groups is 1. The summed E-state index contributed by atoms with van der Waals surface area (Å²) in [5.41, 5.74) is 15.8. The number of fused-ring (bicyclic) bond motifs is 1. The number of imidazole rings is 1. The molecule has 8 heteroatoms. The van der Waals surface area contributed by atoms with Crippen molar-refractivity contribution in [3.63, 3.8) is 0 Å². The predicted octanol–water partition coefficient (Wildman–Crippen LogP) is 4.01. The molecule has 4 aromatic rings. The highest BCUT2D eigenvalue weighted by Crippen LogP contribution is 2.33. The van der Waals surface area contributed by atoms with E-state index in [1.54, 1.807) is 31.5 Å². The summed E-state index contributed by atoms with van der Waals surface area (Å²) < 4.78 is 2.17. The molecular formula is C24H25N7O. The van der Waals surface area contributed by atoms with Gasteiger partial charge in [0.2, 0.25) is 5.95 Å². The second-order valence-electron chi connectivity index (χ2n) is 8.61. The molecule has 0 spiro atoms. The topological polar surface area (TPSA) is 125 Å². The summed E-state index contributed by atoms with van der Waals surface area (Å²) >= 11 is 0. The first-order chi connectivity index (χ1) is 15.1. The molecule has 0 bridgehead atoms. The monoisotopic (exact) mass is 427 g/mol. The highest BCUT2D eigenvalue weighted by Gasteiger charge is 2.23. The van der Waals surface area contributed by atoms with E-state index in [-0.39, 0.29) is 23.2 Å². The van der Waals surface area contributed by atoms with E-state index in [1.165, 1.54) is 0 Å². The lowest BCUT2D eigenvalue weighted by molar-refractivity contribution is 0.100. The molecule has 2 aromatic carbocycles. The third-order valence-electron chi connectivity index (χ3n) is 4.98. The fourth-order valence-corrected chi connectivity index (χ4v) is 3.64. The number of nitrogen functional groups attached to an aromatic ring is 1. The van der Waals surface area contributed by atoms with Gasteiger partial charge in [-0.2, -0.15) is 4.99 Å². The first-order valence-corrected chi connectivity index (χ1v) is 10.2. The zero-order valence-corrected chi connectivity index (χ0v) is 18.5. The van der Waals surface area contributed by atoms with Crippen molar-refractivity contribution in [2.75, 3.05) is 5.73 Å². The van der Waals surface area contributed by atoms with Crippen LogP contribution in [0.25, 0.3) is 33.5 Å². The number of anilines is 1. The lowest BCUT2D eigenvalue weighted by Gasteiger charge is -2.25. The second-order valence-corrected chi connectivity index (χ2v) is 8.61. The van der Waals surface area contributed by atoms with Gasteiger partial charge in [0.05, 0.1) is 11.0 Å². The first kappa shape index (κ1) is 21.2. The van der Waals surface area contributed by atoms with Crippen molar-refractivity contribution in [3.8, 4) is 22.5 Å². The molecule has 0 aliphatic carbocycles. The van der Waals surface area contributed by atoms with Gasteiger partial charge in [-0.25, -0.2) is 15.0 Å². The standard InChI is InChI=1S/C24H25N7O/c1-14(25)29-22(32)17-7-5-6-16(10-17)21-30-19-11-15(18-12-27-23(26)28-13-18)8-9-20(19)31(21)24(2,3)4/h5-13H,1-4H3,(H2,25,29,32)(H2,26,27,28). The lowest BCUT2D eigenvalue weighted by atomic mass is 10.0. The Morgan fingerprint density at radius 3 is 2.38 bits per heavy atom. The van der Waals surface area contributed by atoms with Crippen LogP contribution in [0.2, 0.25) is 0 Å².